The Morgan fingerprint density at radius 2 is 1.50 bits per heavy atom. The summed E-state index contributed by atoms with van der Waals surface area (Å²) in [5.41, 5.74) is 1.01. The van der Waals surface area contributed by atoms with Gasteiger partial charge in [0.05, 0.1) is 6.61 Å². The van der Waals surface area contributed by atoms with Gasteiger partial charge in [0.15, 0.2) is 11.6 Å². The number of hydrogen-bond acceptors (Lipinski definition) is 1. The molecule has 1 aromatic carbocycles. The van der Waals surface area contributed by atoms with Crippen LogP contribution in [0.4, 0.5) is 8.78 Å². The molecule has 0 bridgehead atoms. The van der Waals surface area contributed by atoms with Gasteiger partial charge in [0, 0.05) is 0 Å². The van der Waals surface area contributed by atoms with Crippen molar-refractivity contribution < 1.29 is 13.5 Å². The van der Waals surface area contributed by atoms with Crippen molar-refractivity contribution in [1.82, 2.24) is 0 Å². The summed E-state index contributed by atoms with van der Waals surface area (Å²) < 4.78 is 33.6. The van der Waals surface area contributed by atoms with E-state index in [1.807, 2.05) is 0 Å². The maximum absolute atomic E-state index is 14.1. The van der Waals surface area contributed by atoms with Crippen molar-refractivity contribution >= 4 is 0 Å². The van der Waals surface area contributed by atoms with E-state index in [2.05, 4.69) is 12.7 Å². The molecule has 0 saturated heterocycles. The quantitative estimate of drug-likeness (QED) is 0.526. The maximum atomic E-state index is 14.1. The third-order valence-corrected chi connectivity index (χ3v) is 6.70. The molecule has 2 fully saturated rings. The largest absolute Gasteiger partial charge is 0.490 e. The van der Waals surface area contributed by atoms with E-state index in [9.17, 15) is 8.78 Å². The zero-order chi connectivity index (χ0) is 18.7. The highest BCUT2D eigenvalue weighted by molar-refractivity contribution is 5.38. The molecule has 0 N–H and O–H groups in total. The van der Waals surface area contributed by atoms with Crippen LogP contribution in [0.5, 0.6) is 5.75 Å². The number of benzene rings is 1. The molecule has 3 heteroatoms. The molecular weight excluding hydrogens is 330 g/mol. The predicted molar refractivity (Wildman–Crippen MR) is 102 cm³/mol. The second-order valence-electron chi connectivity index (χ2n) is 8.47. The highest BCUT2D eigenvalue weighted by Crippen LogP contribution is 2.41. The summed E-state index contributed by atoms with van der Waals surface area (Å²) in [7, 11) is 0. The van der Waals surface area contributed by atoms with E-state index in [1.165, 1.54) is 38.5 Å². The van der Waals surface area contributed by atoms with Gasteiger partial charge in [-0.15, -0.1) is 6.58 Å². The van der Waals surface area contributed by atoms with Crippen molar-refractivity contribution in [3.05, 3.63) is 41.5 Å². The van der Waals surface area contributed by atoms with Crippen molar-refractivity contribution in [1.29, 1.82) is 0 Å². The van der Waals surface area contributed by atoms with Crippen molar-refractivity contribution in [3.8, 4) is 5.75 Å². The molecule has 26 heavy (non-hydrogen) atoms. The van der Waals surface area contributed by atoms with Crippen LogP contribution < -0.4 is 4.74 Å². The Morgan fingerprint density at radius 1 is 0.923 bits per heavy atom. The average Bonchev–Trinajstić information content (AvgIpc) is 2.67. The fourth-order valence-electron chi connectivity index (χ4n) is 4.96. The van der Waals surface area contributed by atoms with E-state index in [-0.39, 0.29) is 5.75 Å². The van der Waals surface area contributed by atoms with Gasteiger partial charge in [-0.05, 0) is 106 Å². The molecule has 144 valence electrons. The summed E-state index contributed by atoms with van der Waals surface area (Å²) in [6, 6.07) is 1.66. The molecule has 0 aromatic heterocycles. The number of ether oxygens (including phenoxy) is 1. The van der Waals surface area contributed by atoms with Gasteiger partial charge in [-0.3, -0.25) is 0 Å². The number of hydrogen-bond donors (Lipinski definition) is 0. The SMILES string of the molecule is C=CC1CCC(C2CCC(COc3c(C)cc(C)c(F)c3F)CC2)CC1. The van der Waals surface area contributed by atoms with E-state index in [0.29, 0.717) is 23.7 Å². The number of halogens is 2. The van der Waals surface area contributed by atoms with Gasteiger partial charge >= 0.3 is 0 Å². The van der Waals surface area contributed by atoms with Gasteiger partial charge in [0.2, 0.25) is 5.82 Å². The lowest BCUT2D eigenvalue weighted by molar-refractivity contribution is 0.127. The van der Waals surface area contributed by atoms with Gasteiger partial charge in [0.25, 0.3) is 0 Å². The first-order chi connectivity index (χ1) is 12.5. The molecule has 0 radical (unpaired) electrons. The summed E-state index contributed by atoms with van der Waals surface area (Å²) in [6.45, 7) is 7.79. The van der Waals surface area contributed by atoms with Gasteiger partial charge in [-0.1, -0.05) is 6.08 Å². The van der Waals surface area contributed by atoms with Crippen molar-refractivity contribution in [3.63, 3.8) is 0 Å². The summed E-state index contributed by atoms with van der Waals surface area (Å²) in [5.74, 6) is 1.37. The van der Waals surface area contributed by atoms with Crippen LogP contribution in [-0.2, 0) is 0 Å². The Morgan fingerprint density at radius 3 is 2.08 bits per heavy atom. The van der Waals surface area contributed by atoms with Crippen LogP contribution in [0.25, 0.3) is 0 Å². The fraction of sp³-hybridized carbons (Fsp3) is 0.652. The van der Waals surface area contributed by atoms with Gasteiger partial charge < -0.3 is 4.74 Å². The van der Waals surface area contributed by atoms with E-state index < -0.39 is 11.6 Å². The van der Waals surface area contributed by atoms with Crippen LogP contribution in [0, 0.1) is 49.2 Å². The number of allylic oxidation sites excluding steroid dienone is 1. The van der Waals surface area contributed by atoms with E-state index in [0.717, 1.165) is 30.6 Å². The van der Waals surface area contributed by atoms with E-state index in [1.54, 1.807) is 19.9 Å². The van der Waals surface area contributed by atoms with Crippen LogP contribution >= 0.6 is 0 Å². The van der Waals surface area contributed by atoms with Crippen LogP contribution in [0.15, 0.2) is 18.7 Å². The predicted octanol–water partition coefficient (Wildman–Crippen LogP) is 6.76. The first-order valence-corrected chi connectivity index (χ1v) is 10.2. The molecule has 0 spiro atoms. The van der Waals surface area contributed by atoms with Crippen molar-refractivity contribution in [2.24, 2.45) is 23.7 Å². The lowest BCUT2D eigenvalue weighted by Gasteiger charge is -2.37. The molecule has 1 aromatic rings. The van der Waals surface area contributed by atoms with Crippen LogP contribution in [0.1, 0.15) is 62.5 Å². The Labute approximate surface area is 156 Å². The molecule has 0 heterocycles. The average molecular weight is 363 g/mol. The van der Waals surface area contributed by atoms with Crippen LogP contribution in [0.3, 0.4) is 0 Å². The van der Waals surface area contributed by atoms with E-state index >= 15 is 0 Å². The Balaban J connectivity index is 1.48. The summed E-state index contributed by atoms with van der Waals surface area (Å²) >= 11 is 0. The summed E-state index contributed by atoms with van der Waals surface area (Å²) in [6.07, 6.45) is 12.2. The molecule has 2 aliphatic rings. The third kappa shape index (κ3) is 4.29. The van der Waals surface area contributed by atoms with Crippen LogP contribution in [0.2, 0.25) is 0 Å². The summed E-state index contributed by atoms with van der Waals surface area (Å²) in [4.78, 5) is 0. The zero-order valence-corrected chi connectivity index (χ0v) is 16.2. The lowest BCUT2D eigenvalue weighted by Crippen LogP contribution is -2.27. The summed E-state index contributed by atoms with van der Waals surface area (Å²) in [5, 5.41) is 0. The fourth-order valence-corrected chi connectivity index (χ4v) is 4.96. The molecule has 3 rings (SSSR count). The van der Waals surface area contributed by atoms with Gasteiger partial charge in [0.1, 0.15) is 0 Å². The standard InChI is InChI=1S/C23H32F2O/c1-4-17-5-9-19(10-6-17)20-11-7-18(8-12-20)14-26-23-16(3)13-15(2)21(24)22(23)25/h4,13,17-20H,1,5-12,14H2,2-3H3. The first-order valence-electron chi connectivity index (χ1n) is 10.2. The van der Waals surface area contributed by atoms with Crippen molar-refractivity contribution in [2.45, 2.75) is 65.2 Å². The third-order valence-electron chi connectivity index (χ3n) is 6.70. The maximum Gasteiger partial charge on any atom is 0.201 e. The highest BCUT2D eigenvalue weighted by atomic mass is 19.2. The van der Waals surface area contributed by atoms with Crippen molar-refractivity contribution in [2.75, 3.05) is 6.61 Å². The monoisotopic (exact) mass is 362 g/mol. The minimum atomic E-state index is -0.838. The second kappa shape index (κ2) is 8.54. The molecule has 2 aliphatic carbocycles. The Hall–Kier alpha value is -1.38. The minimum Gasteiger partial charge on any atom is -0.490 e. The number of aryl methyl sites for hydroxylation is 2. The molecule has 0 amide bonds. The van der Waals surface area contributed by atoms with Gasteiger partial charge in [-0.25, -0.2) is 4.39 Å². The number of rotatable bonds is 5. The van der Waals surface area contributed by atoms with Gasteiger partial charge in [-0.2, -0.15) is 4.39 Å². The normalized spacial score (nSPS) is 29.4. The molecule has 0 atom stereocenters. The molecule has 0 unspecified atom stereocenters. The Kier molecular flexibility index (Phi) is 6.37. The second-order valence-corrected chi connectivity index (χ2v) is 8.47. The molecule has 0 aliphatic heterocycles. The topological polar surface area (TPSA) is 9.23 Å². The molecular formula is C23H32F2O. The lowest BCUT2D eigenvalue weighted by atomic mass is 9.69. The molecule has 1 nitrogen and oxygen atoms in total. The van der Waals surface area contributed by atoms with E-state index in [4.69, 9.17) is 4.74 Å². The van der Waals surface area contributed by atoms with Crippen LogP contribution in [-0.4, -0.2) is 6.61 Å². The minimum absolute atomic E-state index is 0.0953. The Bertz CT molecular complexity index is 624. The molecule has 2 saturated carbocycles. The highest BCUT2D eigenvalue weighted by Gasteiger charge is 2.30. The zero-order valence-electron chi connectivity index (χ0n) is 16.2. The smallest absolute Gasteiger partial charge is 0.201 e. The first kappa shape index (κ1) is 19.4.